The highest BCUT2D eigenvalue weighted by atomic mass is 16.5. The van der Waals surface area contributed by atoms with Crippen molar-refractivity contribution in [2.75, 3.05) is 7.11 Å². The lowest BCUT2D eigenvalue weighted by atomic mass is 10.0. The van der Waals surface area contributed by atoms with Crippen LogP contribution >= 0.6 is 0 Å². The molecule has 1 atom stereocenters. The molecule has 0 spiro atoms. The number of rotatable bonds is 6. The van der Waals surface area contributed by atoms with Crippen LogP contribution in [0.1, 0.15) is 52.4 Å². The average molecular weight is 337 g/mol. The van der Waals surface area contributed by atoms with Crippen molar-refractivity contribution in [1.82, 2.24) is 5.32 Å². The fraction of sp³-hybridized carbons (Fsp3) is 0.333. The van der Waals surface area contributed by atoms with Crippen LogP contribution in [0.4, 0.5) is 0 Å². The second-order valence-electron chi connectivity index (χ2n) is 6.48. The summed E-state index contributed by atoms with van der Waals surface area (Å²) in [6.45, 7) is 1.93. The number of amides is 1. The molecule has 3 rings (SSSR count). The van der Waals surface area contributed by atoms with Crippen LogP contribution in [-0.4, -0.2) is 18.8 Å². The van der Waals surface area contributed by atoms with Gasteiger partial charge in [-0.25, -0.2) is 0 Å². The van der Waals surface area contributed by atoms with Crippen LogP contribution in [0.5, 0.6) is 5.75 Å². The van der Waals surface area contributed by atoms with E-state index in [1.165, 1.54) is 11.1 Å². The SMILES string of the molecule is COc1ccc(C)cc1C(=O)CCC(=O)N[C@H]1CCc2ccccc21. The third-order valence-electron chi connectivity index (χ3n) is 4.70. The molecular formula is C21H23NO3. The molecule has 1 aliphatic carbocycles. The quantitative estimate of drug-likeness (QED) is 0.816. The van der Waals surface area contributed by atoms with Gasteiger partial charge < -0.3 is 10.1 Å². The Morgan fingerprint density at radius 1 is 1.16 bits per heavy atom. The number of aryl methyl sites for hydroxylation is 2. The molecule has 0 bridgehead atoms. The van der Waals surface area contributed by atoms with Crippen molar-refractivity contribution in [3.05, 3.63) is 64.7 Å². The van der Waals surface area contributed by atoms with Gasteiger partial charge in [0.05, 0.1) is 18.7 Å². The van der Waals surface area contributed by atoms with E-state index in [0.717, 1.165) is 18.4 Å². The van der Waals surface area contributed by atoms with Gasteiger partial charge in [0, 0.05) is 12.8 Å². The predicted octanol–water partition coefficient (Wildman–Crippen LogP) is 3.77. The zero-order valence-corrected chi connectivity index (χ0v) is 14.7. The zero-order valence-electron chi connectivity index (χ0n) is 14.7. The number of hydrogen-bond acceptors (Lipinski definition) is 3. The number of carbonyl (C=O) groups excluding carboxylic acids is 2. The second-order valence-corrected chi connectivity index (χ2v) is 6.48. The van der Waals surface area contributed by atoms with Crippen molar-refractivity contribution >= 4 is 11.7 Å². The summed E-state index contributed by atoms with van der Waals surface area (Å²) >= 11 is 0. The molecule has 0 aliphatic heterocycles. The Hall–Kier alpha value is -2.62. The highest BCUT2D eigenvalue weighted by molar-refractivity contribution is 6.00. The minimum absolute atomic E-state index is 0.0623. The van der Waals surface area contributed by atoms with Gasteiger partial charge in [-0.1, -0.05) is 35.9 Å². The first-order chi connectivity index (χ1) is 12.1. The minimum atomic E-state index is -0.0818. The lowest BCUT2D eigenvalue weighted by Crippen LogP contribution is -2.27. The molecule has 0 heterocycles. The maximum Gasteiger partial charge on any atom is 0.220 e. The van der Waals surface area contributed by atoms with Crippen LogP contribution in [0.3, 0.4) is 0 Å². The van der Waals surface area contributed by atoms with E-state index in [0.29, 0.717) is 11.3 Å². The van der Waals surface area contributed by atoms with Crippen molar-refractivity contribution < 1.29 is 14.3 Å². The molecule has 0 fully saturated rings. The van der Waals surface area contributed by atoms with E-state index >= 15 is 0 Å². The molecule has 0 aromatic heterocycles. The third kappa shape index (κ3) is 3.90. The molecule has 4 nitrogen and oxygen atoms in total. The van der Waals surface area contributed by atoms with Crippen LogP contribution in [0.15, 0.2) is 42.5 Å². The molecular weight excluding hydrogens is 314 g/mol. The van der Waals surface area contributed by atoms with Crippen molar-refractivity contribution in [3.63, 3.8) is 0 Å². The number of hydrogen-bond donors (Lipinski definition) is 1. The maximum absolute atomic E-state index is 12.5. The van der Waals surface area contributed by atoms with Crippen molar-refractivity contribution in [2.45, 2.75) is 38.6 Å². The molecule has 4 heteroatoms. The van der Waals surface area contributed by atoms with E-state index in [1.807, 2.05) is 31.2 Å². The van der Waals surface area contributed by atoms with E-state index < -0.39 is 0 Å². The highest BCUT2D eigenvalue weighted by Gasteiger charge is 2.23. The number of benzene rings is 2. The first-order valence-corrected chi connectivity index (χ1v) is 8.63. The molecule has 1 aliphatic rings. The molecule has 25 heavy (non-hydrogen) atoms. The van der Waals surface area contributed by atoms with Gasteiger partial charge in [0.1, 0.15) is 5.75 Å². The van der Waals surface area contributed by atoms with Gasteiger partial charge in [-0.2, -0.15) is 0 Å². The van der Waals surface area contributed by atoms with Gasteiger partial charge in [-0.3, -0.25) is 9.59 Å². The Labute approximate surface area is 148 Å². The van der Waals surface area contributed by atoms with Gasteiger partial charge >= 0.3 is 0 Å². The number of fused-ring (bicyclic) bond motifs is 1. The first kappa shape index (κ1) is 17.2. The molecule has 1 amide bonds. The summed E-state index contributed by atoms with van der Waals surface area (Å²) in [5, 5.41) is 3.06. The van der Waals surface area contributed by atoms with Crippen LogP contribution in [-0.2, 0) is 11.2 Å². The number of methoxy groups -OCH3 is 1. The van der Waals surface area contributed by atoms with Gasteiger partial charge in [-0.05, 0) is 43.0 Å². The lowest BCUT2D eigenvalue weighted by Gasteiger charge is -2.14. The van der Waals surface area contributed by atoms with E-state index in [2.05, 4.69) is 17.4 Å². The third-order valence-corrected chi connectivity index (χ3v) is 4.70. The molecule has 2 aromatic rings. The molecule has 0 radical (unpaired) electrons. The summed E-state index contributed by atoms with van der Waals surface area (Å²) in [6.07, 6.45) is 2.28. The Balaban J connectivity index is 1.58. The van der Waals surface area contributed by atoms with Gasteiger partial charge in [0.15, 0.2) is 5.78 Å². The first-order valence-electron chi connectivity index (χ1n) is 8.63. The summed E-state index contributed by atoms with van der Waals surface area (Å²) < 4.78 is 5.25. The Bertz CT molecular complexity index is 797. The minimum Gasteiger partial charge on any atom is -0.496 e. The van der Waals surface area contributed by atoms with Crippen LogP contribution < -0.4 is 10.1 Å². The van der Waals surface area contributed by atoms with Crippen LogP contribution in [0.2, 0.25) is 0 Å². The molecule has 2 aromatic carbocycles. The largest absolute Gasteiger partial charge is 0.496 e. The van der Waals surface area contributed by atoms with Crippen molar-refractivity contribution in [3.8, 4) is 5.75 Å². The highest BCUT2D eigenvalue weighted by Crippen LogP contribution is 2.30. The maximum atomic E-state index is 12.5. The van der Waals surface area contributed by atoms with E-state index in [4.69, 9.17) is 4.74 Å². The number of nitrogens with one attached hydrogen (secondary N) is 1. The summed E-state index contributed by atoms with van der Waals surface area (Å²) in [5.41, 5.74) is 4.04. The summed E-state index contributed by atoms with van der Waals surface area (Å²) in [5.74, 6) is 0.407. The molecule has 0 saturated heterocycles. The lowest BCUT2D eigenvalue weighted by molar-refractivity contribution is -0.121. The van der Waals surface area contributed by atoms with Crippen molar-refractivity contribution in [2.24, 2.45) is 0 Å². The molecule has 130 valence electrons. The normalized spacial score (nSPS) is 15.5. The smallest absolute Gasteiger partial charge is 0.220 e. The number of Topliss-reactive ketones (excluding diaryl/α,β-unsaturated/α-hetero) is 1. The van der Waals surface area contributed by atoms with Gasteiger partial charge in [-0.15, -0.1) is 0 Å². The standard InChI is InChI=1S/C21H23NO3/c1-14-7-11-20(25-2)17(13-14)19(23)10-12-21(24)22-18-9-8-15-5-3-4-6-16(15)18/h3-7,11,13,18H,8-10,12H2,1-2H3,(H,22,24)/t18-/m0/s1. The Morgan fingerprint density at radius 2 is 1.96 bits per heavy atom. The average Bonchev–Trinajstić information content (AvgIpc) is 3.02. The Kier molecular flexibility index (Phi) is 5.17. The zero-order chi connectivity index (χ0) is 17.8. The van der Waals surface area contributed by atoms with E-state index in [-0.39, 0.29) is 30.6 Å². The monoisotopic (exact) mass is 337 g/mol. The predicted molar refractivity (Wildman–Crippen MR) is 96.9 cm³/mol. The van der Waals surface area contributed by atoms with E-state index in [1.54, 1.807) is 13.2 Å². The second kappa shape index (κ2) is 7.51. The Morgan fingerprint density at radius 3 is 2.76 bits per heavy atom. The summed E-state index contributed by atoms with van der Waals surface area (Å²) in [6, 6.07) is 13.8. The fourth-order valence-corrected chi connectivity index (χ4v) is 3.38. The summed E-state index contributed by atoms with van der Waals surface area (Å²) in [7, 11) is 1.55. The topological polar surface area (TPSA) is 55.4 Å². The fourth-order valence-electron chi connectivity index (χ4n) is 3.38. The molecule has 0 unspecified atom stereocenters. The number of carbonyl (C=O) groups is 2. The van der Waals surface area contributed by atoms with Crippen molar-refractivity contribution in [1.29, 1.82) is 0 Å². The number of ketones is 1. The molecule has 0 saturated carbocycles. The number of ether oxygens (including phenoxy) is 1. The van der Waals surface area contributed by atoms with Gasteiger partial charge in [0.2, 0.25) is 5.91 Å². The van der Waals surface area contributed by atoms with Crippen LogP contribution in [0, 0.1) is 6.92 Å². The van der Waals surface area contributed by atoms with Gasteiger partial charge in [0.25, 0.3) is 0 Å². The molecule has 1 N–H and O–H groups in total. The van der Waals surface area contributed by atoms with E-state index in [9.17, 15) is 9.59 Å². The van der Waals surface area contributed by atoms with Crippen LogP contribution in [0.25, 0.3) is 0 Å². The summed E-state index contributed by atoms with van der Waals surface area (Å²) in [4.78, 5) is 24.7.